The summed E-state index contributed by atoms with van der Waals surface area (Å²) in [6.45, 7) is 9.19. The van der Waals surface area contributed by atoms with E-state index in [0.29, 0.717) is 84.2 Å². The molecule has 4 aromatic rings. The summed E-state index contributed by atoms with van der Waals surface area (Å²) in [5.74, 6) is -1.25. The van der Waals surface area contributed by atoms with Crippen molar-refractivity contribution >= 4 is 39.3 Å². The van der Waals surface area contributed by atoms with Crippen molar-refractivity contribution < 1.29 is 37.0 Å². The van der Waals surface area contributed by atoms with E-state index in [-0.39, 0.29) is 48.4 Å². The van der Waals surface area contributed by atoms with E-state index in [1.54, 1.807) is 39.0 Å². The zero-order chi connectivity index (χ0) is 39.2. The van der Waals surface area contributed by atoms with Crippen molar-refractivity contribution in [2.24, 2.45) is 11.3 Å². The van der Waals surface area contributed by atoms with Crippen LogP contribution in [0.4, 0.5) is 19.0 Å². The number of carbonyl (C=O) groups excluding carboxylic acids is 2. The highest BCUT2D eigenvalue weighted by Gasteiger charge is 2.49. The minimum Gasteiger partial charge on any atom is -0.468 e. The van der Waals surface area contributed by atoms with E-state index < -0.39 is 28.8 Å². The van der Waals surface area contributed by atoms with E-state index in [1.807, 2.05) is 11.8 Å². The van der Waals surface area contributed by atoms with Crippen LogP contribution in [0.5, 0.6) is 11.8 Å². The first-order valence-corrected chi connectivity index (χ1v) is 19.1. The first kappa shape index (κ1) is 38.7. The van der Waals surface area contributed by atoms with Gasteiger partial charge in [-0.05, 0) is 73.2 Å². The van der Waals surface area contributed by atoms with Gasteiger partial charge in [0.2, 0.25) is 11.8 Å². The van der Waals surface area contributed by atoms with E-state index >= 15 is 8.78 Å². The molecular formula is C41H49F3N6O5. The van der Waals surface area contributed by atoms with E-state index in [1.165, 1.54) is 31.3 Å². The monoisotopic (exact) mass is 762 g/mol. The zero-order valence-electron chi connectivity index (χ0n) is 32.4. The topological polar surface area (TPSA) is 110 Å². The van der Waals surface area contributed by atoms with Crippen LogP contribution >= 0.6 is 0 Å². The SMILES string of the molecule is CCc1c(F)ccc2cc(OCOC)cc(-c3ncc4c(N5CCC(C(=O)N(C)C(=O)C(C)(C)C)CC5)nc(OC[C@@]56CCCN5C[C@H](F)C6)nc4c3F)c12. The van der Waals surface area contributed by atoms with Crippen LogP contribution in [0.15, 0.2) is 30.5 Å². The number of aryl methyl sites for hydroxylation is 1. The van der Waals surface area contributed by atoms with E-state index in [0.717, 1.165) is 19.4 Å². The molecule has 3 aliphatic rings. The quantitative estimate of drug-likeness (QED) is 0.159. The lowest BCUT2D eigenvalue weighted by atomic mass is 9.91. The number of hydrogen-bond donors (Lipinski definition) is 0. The fraction of sp³-hybridized carbons (Fsp3) is 0.537. The van der Waals surface area contributed by atoms with E-state index in [9.17, 15) is 14.0 Å². The highest BCUT2D eigenvalue weighted by atomic mass is 19.1. The van der Waals surface area contributed by atoms with Crippen LogP contribution in [0.25, 0.3) is 32.9 Å². The maximum atomic E-state index is 17.2. The summed E-state index contributed by atoms with van der Waals surface area (Å²) in [6, 6.07) is 6.33. The summed E-state index contributed by atoms with van der Waals surface area (Å²) >= 11 is 0. The second kappa shape index (κ2) is 15.2. The number of amides is 2. The van der Waals surface area contributed by atoms with Gasteiger partial charge in [-0.25, -0.2) is 13.2 Å². The Kier molecular flexibility index (Phi) is 10.7. The third-order valence-corrected chi connectivity index (χ3v) is 11.4. The number of carbonyl (C=O) groups is 2. The van der Waals surface area contributed by atoms with Gasteiger partial charge >= 0.3 is 6.01 Å². The summed E-state index contributed by atoms with van der Waals surface area (Å²) < 4.78 is 64.3. The number of pyridine rings is 1. The van der Waals surface area contributed by atoms with Gasteiger partial charge in [-0.3, -0.25) is 24.4 Å². The minimum absolute atomic E-state index is 0.0416. The molecule has 0 aliphatic carbocycles. The van der Waals surface area contributed by atoms with Crippen LogP contribution in [-0.4, -0.2) is 102 Å². The lowest BCUT2D eigenvalue weighted by Gasteiger charge is -2.35. The Labute approximate surface area is 319 Å². The van der Waals surface area contributed by atoms with Crippen LogP contribution in [-0.2, 0) is 20.7 Å². The number of aromatic nitrogens is 3. The average Bonchev–Trinajstić information content (AvgIpc) is 3.70. The Morgan fingerprint density at radius 1 is 1.07 bits per heavy atom. The number of rotatable bonds is 10. The van der Waals surface area contributed by atoms with Crippen molar-refractivity contribution in [3.05, 3.63) is 47.7 Å². The van der Waals surface area contributed by atoms with Gasteiger partial charge in [0, 0.05) is 63.3 Å². The summed E-state index contributed by atoms with van der Waals surface area (Å²) in [7, 11) is 3.02. The Balaban J connectivity index is 1.30. The molecule has 2 aromatic carbocycles. The van der Waals surface area contributed by atoms with Gasteiger partial charge in [-0.15, -0.1) is 0 Å². The molecule has 0 bridgehead atoms. The number of methoxy groups -OCH3 is 1. The number of hydrogen-bond acceptors (Lipinski definition) is 10. The fourth-order valence-corrected chi connectivity index (χ4v) is 8.61. The van der Waals surface area contributed by atoms with Gasteiger partial charge in [0.05, 0.1) is 10.9 Å². The second-order valence-corrected chi connectivity index (χ2v) is 16.1. The van der Waals surface area contributed by atoms with Crippen LogP contribution in [0.3, 0.4) is 0 Å². The first-order valence-electron chi connectivity index (χ1n) is 19.1. The third kappa shape index (κ3) is 7.30. The van der Waals surface area contributed by atoms with Crippen molar-refractivity contribution in [1.29, 1.82) is 0 Å². The van der Waals surface area contributed by atoms with Crippen LogP contribution in [0, 0.1) is 23.0 Å². The molecule has 55 heavy (non-hydrogen) atoms. The van der Waals surface area contributed by atoms with Gasteiger partial charge in [0.15, 0.2) is 12.6 Å². The van der Waals surface area contributed by atoms with E-state index in [2.05, 4.69) is 14.9 Å². The lowest BCUT2D eigenvalue weighted by molar-refractivity contribution is -0.151. The zero-order valence-corrected chi connectivity index (χ0v) is 32.4. The molecule has 0 N–H and O–H groups in total. The van der Waals surface area contributed by atoms with Gasteiger partial charge in [0.1, 0.15) is 41.4 Å². The molecule has 2 aromatic heterocycles. The molecule has 294 valence electrons. The molecule has 0 unspecified atom stereocenters. The molecule has 2 amide bonds. The number of benzene rings is 2. The predicted octanol–water partition coefficient (Wildman–Crippen LogP) is 6.87. The smallest absolute Gasteiger partial charge is 0.319 e. The van der Waals surface area contributed by atoms with Gasteiger partial charge in [-0.2, -0.15) is 9.97 Å². The maximum Gasteiger partial charge on any atom is 0.319 e. The Morgan fingerprint density at radius 2 is 1.84 bits per heavy atom. The second-order valence-electron chi connectivity index (χ2n) is 16.1. The van der Waals surface area contributed by atoms with Crippen LogP contribution in [0.1, 0.15) is 65.4 Å². The Morgan fingerprint density at radius 3 is 2.55 bits per heavy atom. The van der Waals surface area contributed by atoms with Crippen LogP contribution in [0.2, 0.25) is 0 Å². The number of piperidine rings is 1. The summed E-state index contributed by atoms with van der Waals surface area (Å²) in [5, 5.41) is 1.49. The third-order valence-electron chi connectivity index (χ3n) is 11.4. The molecule has 2 atom stereocenters. The molecule has 3 aliphatic heterocycles. The van der Waals surface area contributed by atoms with Crippen LogP contribution < -0.4 is 14.4 Å². The average molecular weight is 763 g/mol. The molecule has 7 rings (SSSR count). The molecule has 3 saturated heterocycles. The summed E-state index contributed by atoms with van der Waals surface area (Å²) in [4.78, 5) is 45.6. The fourth-order valence-electron chi connectivity index (χ4n) is 8.61. The Hall–Kier alpha value is -4.56. The normalized spacial score (nSPS) is 20.7. The number of ether oxygens (including phenoxy) is 3. The number of fused-ring (bicyclic) bond motifs is 3. The predicted molar refractivity (Wildman–Crippen MR) is 203 cm³/mol. The van der Waals surface area contributed by atoms with Gasteiger partial charge < -0.3 is 19.1 Å². The van der Waals surface area contributed by atoms with E-state index in [4.69, 9.17) is 19.2 Å². The van der Waals surface area contributed by atoms with Crippen molar-refractivity contribution in [3.8, 4) is 23.0 Å². The van der Waals surface area contributed by atoms with Crippen molar-refractivity contribution in [1.82, 2.24) is 24.8 Å². The molecule has 5 heterocycles. The van der Waals surface area contributed by atoms with Crippen molar-refractivity contribution in [2.75, 3.05) is 58.6 Å². The highest BCUT2D eigenvalue weighted by Crippen LogP contribution is 2.42. The molecule has 0 spiro atoms. The Bertz CT molecular complexity index is 2120. The standard InChI is InChI=1S/C41H49F3N6O5/c1-7-28-31(43)10-9-25-17-27(55-23-53-6)18-29(32(25)28)34-33(44)35-30(20-45-34)36(47-39(46-35)54-22-41-13-8-14-50(41)21-26(42)19-41)49-15-11-24(12-16-49)37(51)48(5)38(52)40(2,3)4/h9-10,17-18,20,24,26H,7-8,11-16,19,21-23H2,1-6H3/t26-,41+/m1/s1. The van der Waals surface area contributed by atoms with Crippen molar-refractivity contribution in [3.63, 3.8) is 0 Å². The number of anilines is 1. The highest BCUT2D eigenvalue weighted by molar-refractivity contribution is 6.02. The number of alkyl halides is 1. The molecule has 3 fully saturated rings. The van der Waals surface area contributed by atoms with Gasteiger partial charge in [0.25, 0.3) is 0 Å². The number of imide groups is 1. The molecular weight excluding hydrogens is 713 g/mol. The lowest BCUT2D eigenvalue weighted by Crippen LogP contribution is -2.46. The largest absolute Gasteiger partial charge is 0.468 e. The minimum atomic E-state index is -0.957. The molecule has 0 radical (unpaired) electrons. The van der Waals surface area contributed by atoms with Gasteiger partial charge in [-0.1, -0.05) is 33.8 Å². The molecule has 11 nitrogen and oxygen atoms in total. The number of nitrogens with zero attached hydrogens (tertiary/aromatic N) is 6. The first-order chi connectivity index (χ1) is 26.2. The van der Waals surface area contributed by atoms with Crippen molar-refractivity contribution in [2.45, 2.75) is 77.9 Å². The summed E-state index contributed by atoms with van der Waals surface area (Å²) in [5.41, 5.74) is -0.543. The maximum absolute atomic E-state index is 17.2. The molecule has 0 saturated carbocycles. The summed E-state index contributed by atoms with van der Waals surface area (Å²) in [6.07, 6.45) is 3.84. The molecule has 14 heteroatoms. The number of halogens is 3.